The van der Waals surface area contributed by atoms with E-state index in [1.807, 2.05) is 0 Å². The van der Waals surface area contributed by atoms with Gasteiger partial charge in [0.1, 0.15) is 23.2 Å². The molecule has 0 spiro atoms. The number of carboxylic acid groups (broad SMARTS) is 1. The molecule has 1 aromatic carbocycles. The molecule has 8 heteroatoms. The van der Waals surface area contributed by atoms with Crippen LogP contribution in [-0.2, 0) is 4.79 Å². The summed E-state index contributed by atoms with van der Waals surface area (Å²) >= 11 is 0. The number of phenols is 1. The summed E-state index contributed by atoms with van der Waals surface area (Å²) in [5, 5.41) is 21.9. The van der Waals surface area contributed by atoms with Crippen molar-refractivity contribution in [2.45, 2.75) is 24.6 Å². The van der Waals surface area contributed by atoms with E-state index in [2.05, 4.69) is 10.2 Å². The number of aromatic carboxylic acids is 1. The molecular weight excluding hydrogens is 302 g/mol. The number of rotatable bonds is 5. The van der Waals surface area contributed by atoms with E-state index >= 15 is 0 Å². The van der Waals surface area contributed by atoms with Gasteiger partial charge < -0.3 is 26.0 Å². The number of nitrogens with one attached hydrogen (secondary N) is 1. The number of primary amides is 1. The van der Waals surface area contributed by atoms with Crippen molar-refractivity contribution in [3.05, 3.63) is 23.8 Å². The Labute approximate surface area is 132 Å². The fourth-order valence-corrected chi connectivity index (χ4v) is 3.07. The van der Waals surface area contributed by atoms with Crippen LogP contribution in [0.15, 0.2) is 18.2 Å². The highest BCUT2D eigenvalue weighted by Gasteiger charge is 2.39. The molecule has 23 heavy (non-hydrogen) atoms. The van der Waals surface area contributed by atoms with Gasteiger partial charge in [-0.15, -0.1) is 0 Å². The normalized spacial score (nSPS) is 25.0. The summed E-state index contributed by atoms with van der Waals surface area (Å²) in [5.74, 6) is -1.71. The standard InChI is InChI=1S/C15H19N3O5/c16-14(20)10-4-8(5-17-10)18-6-9(7-18)23-12-3-1-2-11(19)13(12)15(21)22/h1-3,8-10,17,19H,4-7H2,(H2,16,20)(H,21,22)/t8-,10-/m1/s1. The molecule has 0 bridgehead atoms. The number of carbonyl (C=O) groups is 2. The van der Waals surface area contributed by atoms with Crippen LogP contribution in [0.3, 0.4) is 0 Å². The molecular formula is C15H19N3O5. The minimum Gasteiger partial charge on any atom is -0.507 e. The van der Waals surface area contributed by atoms with Crippen LogP contribution in [0, 0.1) is 0 Å². The molecule has 2 aliphatic rings. The van der Waals surface area contributed by atoms with Gasteiger partial charge in [-0.05, 0) is 18.6 Å². The molecule has 8 nitrogen and oxygen atoms in total. The van der Waals surface area contributed by atoms with Crippen LogP contribution in [-0.4, -0.2) is 64.8 Å². The lowest BCUT2D eigenvalue weighted by Gasteiger charge is -2.42. The first-order chi connectivity index (χ1) is 11.0. The number of amides is 1. The number of carbonyl (C=O) groups excluding carboxylic acids is 1. The molecule has 2 heterocycles. The molecule has 0 saturated carbocycles. The molecule has 2 fully saturated rings. The predicted molar refractivity (Wildman–Crippen MR) is 80.4 cm³/mol. The van der Waals surface area contributed by atoms with Crippen LogP contribution in [0.1, 0.15) is 16.8 Å². The van der Waals surface area contributed by atoms with E-state index in [1.165, 1.54) is 12.1 Å². The number of likely N-dealkylation sites (tertiary alicyclic amines) is 1. The predicted octanol–water partition coefficient (Wildman–Crippen LogP) is -0.631. The Balaban J connectivity index is 1.56. The van der Waals surface area contributed by atoms with E-state index in [1.54, 1.807) is 6.07 Å². The Kier molecular flexibility index (Phi) is 4.10. The lowest BCUT2D eigenvalue weighted by Crippen LogP contribution is -2.58. The number of aromatic hydroxyl groups is 1. The van der Waals surface area contributed by atoms with Gasteiger partial charge in [0.15, 0.2) is 0 Å². The first-order valence-corrected chi connectivity index (χ1v) is 7.44. The Morgan fingerprint density at radius 1 is 1.35 bits per heavy atom. The third-order valence-corrected chi connectivity index (χ3v) is 4.36. The van der Waals surface area contributed by atoms with Crippen molar-refractivity contribution in [3.8, 4) is 11.5 Å². The Bertz CT molecular complexity index is 630. The van der Waals surface area contributed by atoms with Gasteiger partial charge in [-0.1, -0.05) is 6.07 Å². The van der Waals surface area contributed by atoms with E-state index in [0.717, 1.165) is 0 Å². The zero-order chi connectivity index (χ0) is 16.6. The summed E-state index contributed by atoms with van der Waals surface area (Å²) in [6.07, 6.45) is 0.539. The van der Waals surface area contributed by atoms with Gasteiger partial charge in [-0.3, -0.25) is 9.69 Å². The van der Waals surface area contributed by atoms with E-state index < -0.39 is 5.97 Å². The molecule has 2 saturated heterocycles. The SMILES string of the molecule is NC(=O)[C@H]1C[C@@H](N2CC(Oc3cccc(O)c3C(=O)O)C2)CN1. The molecule has 0 radical (unpaired) electrons. The van der Waals surface area contributed by atoms with E-state index in [9.17, 15) is 14.7 Å². The Morgan fingerprint density at radius 3 is 2.70 bits per heavy atom. The molecule has 2 aliphatic heterocycles. The number of carboxylic acids is 1. The van der Waals surface area contributed by atoms with Crippen LogP contribution in [0.25, 0.3) is 0 Å². The maximum Gasteiger partial charge on any atom is 0.343 e. The molecule has 3 rings (SSSR count). The van der Waals surface area contributed by atoms with Crippen molar-refractivity contribution < 1.29 is 24.5 Å². The molecule has 0 aliphatic carbocycles. The van der Waals surface area contributed by atoms with Gasteiger partial charge in [0.25, 0.3) is 0 Å². The molecule has 1 aromatic rings. The van der Waals surface area contributed by atoms with Crippen LogP contribution in [0.2, 0.25) is 0 Å². The summed E-state index contributed by atoms with van der Waals surface area (Å²) < 4.78 is 5.69. The fourth-order valence-electron chi connectivity index (χ4n) is 3.07. The number of benzene rings is 1. The topological polar surface area (TPSA) is 125 Å². The largest absolute Gasteiger partial charge is 0.507 e. The van der Waals surface area contributed by atoms with Crippen molar-refractivity contribution in [2.24, 2.45) is 5.73 Å². The van der Waals surface area contributed by atoms with E-state index in [-0.39, 0.29) is 41.2 Å². The summed E-state index contributed by atoms with van der Waals surface area (Å²) in [7, 11) is 0. The van der Waals surface area contributed by atoms with E-state index in [0.29, 0.717) is 26.1 Å². The highest BCUT2D eigenvalue weighted by atomic mass is 16.5. The number of nitrogens with zero attached hydrogens (tertiary/aromatic N) is 1. The van der Waals surface area contributed by atoms with Crippen LogP contribution in [0.5, 0.6) is 11.5 Å². The maximum atomic E-state index is 11.2. The minimum absolute atomic E-state index is 0.137. The zero-order valence-electron chi connectivity index (χ0n) is 12.4. The molecule has 2 atom stereocenters. The number of ether oxygens (including phenoxy) is 1. The molecule has 5 N–H and O–H groups in total. The van der Waals surface area contributed by atoms with Crippen molar-refractivity contribution >= 4 is 11.9 Å². The van der Waals surface area contributed by atoms with Crippen molar-refractivity contribution in [3.63, 3.8) is 0 Å². The van der Waals surface area contributed by atoms with Gasteiger partial charge in [-0.25, -0.2) is 4.79 Å². The molecule has 0 aromatic heterocycles. The van der Waals surface area contributed by atoms with Crippen LogP contribution >= 0.6 is 0 Å². The number of hydrogen-bond acceptors (Lipinski definition) is 6. The highest BCUT2D eigenvalue weighted by molar-refractivity contribution is 5.94. The van der Waals surface area contributed by atoms with E-state index in [4.69, 9.17) is 15.6 Å². The number of hydrogen-bond donors (Lipinski definition) is 4. The highest BCUT2D eigenvalue weighted by Crippen LogP contribution is 2.30. The third-order valence-electron chi connectivity index (χ3n) is 4.36. The molecule has 1 amide bonds. The van der Waals surface area contributed by atoms with Crippen LogP contribution < -0.4 is 15.8 Å². The average molecular weight is 321 g/mol. The summed E-state index contributed by atoms with van der Waals surface area (Å²) in [5.41, 5.74) is 5.06. The minimum atomic E-state index is -1.22. The molecule has 124 valence electrons. The third kappa shape index (κ3) is 3.08. The Hall–Kier alpha value is -2.32. The van der Waals surface area contributed by atoms with Gasteiger partial charge in [0.2, 0.25) is 5.91 Å². The quantitative estimate of drug-likeness (QED) is 0.569. The zero-order valence-corrected chi connectivity index (χ0v) is 12.4. The second-order valence-electron chi connectivity index (χ2n) is 5.90. The first kappa shape index (κ1) is 15.6. The van der Waals surface area contributed by atoms with Gasteiger partial charge in [-0.2, -0.15) is 0 Å². The summed E-state index contributed by atoms with van der Waals surface area (Å²) in [6.45, 7) is 1.99. The van der Waals surface area contributed by atoms with Crippen molar-refractivity contribution in [2.75, 3.05) is 19.6 Å². The first-order valence-electron chi connectivity index (χ1n) is 7.44. The lowest BCUT2D eigenvalue weighted by atomic mass is 10.0. The lowest BCUT2D eigenvalue weighted by molar-refractivity contribution is -0.119. The van der Waals surface area contributed by atoms with Crippen LogP contribution in [0.4, 0.5) is 0 Å². The monoisotopic (exact) mass is 321 g/mol. The summed E-state index contributed by atoms with van der Waals surface area (Å²) in [4.78, 5) is 24.5. The Morgan fingerprint density at radius 2 is 2.09 bits per heavy atom. The summed E-state index contributed by atoms with van der Waals surface area (Å²) in [6, 6.07) is 4.34. The smallest absolute Gasteiger partial charge is 0.343 e. The second-order valence-corrected chi connectivity index (χ2v) is 5.90. The van der Waals surface area contributed by atoms with Crippen molar-refractivity contribution in [1.29, 1.82) is 0 Å². The fraction of sp³-hybridized carbons (Fsp3) is 0.467. The van der Waals surface area contributed by atoms with Gasteiger partial charge >= 0.3 is 5.97 Å². The van der Waals surface area contributed by atoms with Gasteiger partial charge in [0.05, 0.1) is 6.04 Å². The van der Waals surface area contributed by atoms with Gasteiger partial charge in [0, 0.05) is 25.7 Å². The number of nitrogens with two attached hydrogens (primary N) is 1. The maximum absolute atomic E-state index is 11.2. The second kappa shape index (κ2) is 6.05. The van der Waals surface area contributed by atoms with Crippen molar-refractivity contribution in [1.82, 2.24) is 10.2 Å². The average Bonchev–Trinajstić information content (AvgIpc) is 2.91. The molecule has 0 unspecified atom stereocenters.